The number of aromatic nitrogens is 1. The summed E-state index contributed by atoms with van der Waals surface area (Å²) in [6.07, 6.45) is 0. The number of nitrogens with one attached hydrogen (secondary N) is 1. The van der Waals surface area contributed by atoms with E-state index in [0.29, 0.717) is 30.8 Å². The standard InChI is InChI=1S/C15H18N2O3/c1-3-16-14(18)13-10-11-6-4-5-7-12(11)15(19)17(13)8-9-20-2/h4-7,10H,3,8-9H2,1-2H3,(H,16,18). The lowest BCUT2D eigenvalue weighted by Gasteiger charge is -2.13. The number of hydrogen-bond donors (Lipinski definition) is 1. The van der Waals surface area contributed by atoms with Crippen LogP contribution in [0.4, 0.5) is 0 Å². The van der Waals surface area contributed by atoms with Crippen LogP contribution in [0, 0.1) is 0 Å². The molecule has 106 valence electrons. The molecule has 0 saturated carbocycles. The van der Waals surface area contributed by atoms with Crippen LogP contribution in [0.5, 0.6) is 0 Å². The fraction of sp³-hybridized carbons (Fsp3) is 0.333. The molecule has 0 fully saturated rings. The molecule has 0 atom stereocenters. The van der Waals surface area contributed by atoms with Crippen molar-refractivity contribution in [3.63, 3.8) is 0 Å². The second-order valence-electron chi connectivity index (χ2n) is 4.43. The summed E-state index contributed by atoms with van der Waals surface area (Å²) in [4.78, 5) is 24.6. The molecular weight excluding hydrogens is 256 g/mol. The summed E-state index contributed by atoms with van der Waals surface area (Å²) in [5.74, 6) is -0.244. The van der Waals surface area contributed by atoms with Crippen molar-refractivity contribution in [3.05, 3.63) is 46.4 Å². The third kappa shape index (κ3) is 2.72. The number of ether oxygens (including phenoxy) is 1. The maximum Gasteiger partial charge on any atom is 0.268 e. The van der Waals surface area contributed by atoms with Crippen molar-refractivity contribution < 1.29 is 9.53 Å². The molecule has 0 bridgehead atoms. The molecular formula is C15H18N2O3. The molecule has 2 rings (SSSR count). The lowest BCUT2D eigenvalue weighted by Crippen LogP contribution is -2.33. The molecule has 0 spiro atoms. The Morgan fingerprint density at radius 1 is 1.35 bits per heavy atom. The first-order valence-electron chi connectivity index (χ1n) is 6.58. The highest BCUT2D eigenvalue weighted by molar-refractivity contribution is 5.96. The van der Waals surface area contributed by atoms with E-state index in [4.69, 9.17) is 4.74 Å². The Bertz CT molecular complexity index is 676. The van der Waals surface area contributed by atoms with Crippen LogP contribution in [0.1, 0.15) is 17.4 Å². The van der Waals surface area contributed by atoms with Crippen molar-refractivity contribution in [2.75, 3.05) is 20.3 Å². The number of hydrogen-bond acceptors (Lipinski definition) is 3. The van der Waals surface area contributed by atoms with E-state index >= 15 is 0 Å². The zero-order valence-corrected chi connectivity index (χ0v) is 11.7. The zero-order chi connectivity index (χ0) is 14.5. The summed E-state index contributed by atoms with van der Waals surface area (Å²) in [5, 5.41) is 4.11. The molecule has 1 aromatic carbocycles. The molecule has 20 heavy (non-hydrogen) atoms. The average molecular weight is 274 g/mol. The lowest BCUT2D eigenvalue weighted by molar-refractivity contribution is 0.0942. The zero-order valence-electron chi connectivity index (χ0n) is 11.7. The highest BCUT2D eigenvalue weighted by Gasteiger charge is 2.14. The molecule has 5 nitrogen and oxygen atoms in total. The SMILES string of the molecule is CCNC(=O)c1cc2ccccc2c(=O)n1CCOC. The third-order valence-electron chi connectivity index (χ3n) is 3.11. The molecule has 1 N–H and O–H groups in total. The maximum atomic E-state index is 12.5. The Kier molecular flexibility index (Phi) is 4.53. The van der Waals surface area contributed by atoms with Crippen LogP contribution in [0.2, 0.25) is 0 Å². The average Bonchev–Trinajstić information content (AvgIpc) is 2.46. The van der Waals surface area contributed by atoms with E-state index in [1.807, 2.05) is 25.1 Å². The highest BCUT2D eigenvalue weighted by atomic mass is 16.5. The number of rotatable bonds is 5. The number of amides is 1. The van der Waals surface area contributed by atoms with Gasteiger partial charge in [0.15, 0.2) is 0 Å². The van der Waals surface area contributed by atoms with E-state index in [2.05, 4.69) is 5.32 Å². The number of carbonyl (C=O) groups is 1. The van der Waals surface area contributed by atoms with Crippen molar-refractivity contribution in [3.8, 4) is 0 Å². The van der Waals surface area contributed by atoms with Crippen molar-refractivity contribution in [2.24, 2.45) is 0 Å². The fourth-order valence-electron chi connectivity index (χ4n) is 2.14. The van der Waals surface area contributed by atoms with E-state index < -0.39 is 0 Å². The second-order valence-corrected chi connectivity index (χ2v) is 4.43. The van der Waals surface area contributed by atoms with Crippen LogP contribution in [-0.2, 0) is 11.3 Å². The third-order valence-corrected chi connectivity index (χ3v) is 3.11. The van der Waals surface area contributed by atoms with E-state index in [9.17, 15) is 9.59 Å². The molecule has 1 aromatic heterocycles. The smallest absolute Gasteiger partial charge is 0.268 e. The number of carbonyl (C=O) groups excluding carboxylic acids is 1. The van der Waals surface area contributed by atoms with Gasteiger partial charge in [0.25, 0.3) is 11.5 Å². The predicted octanol–water partition coefficient (Wildman–Crippen LogP) is 1.40. The van der Waals surface area contributed by atoms with Crippen molar-refractivity contribution in [1.82, 2.24) is 9.88 Å². The summed E-state index contributed by atoms with van der Waals surface area (Å²) in [6.45, 7) is 3.10. The lowest BCUT2D eigenvalue weighted by atomic mass is 10.1. The molecule has 0 aliphatic carbocycles. The summed E-state index contributed by atoms with van der Waals surface area (Å²) in [6, 6.07) is 9.01. The molecule has 0 radical (unpaired) electrons. The molecule has 0 saturated heterocycles. The fourth-order valence-corrected chi connectivity index (χ4v) is 2.14. The van der Waals surface area contributed by atoms with Crippen LogP contribution in [0.25, 0.3) is 10.8 Å². The predicted molar refractivity (Wildman–Crippen MR) is 78.1 cm³/mol. The van der Waals surface area contributed by atoms with Gasteiger partial charge < -0.3 is 14.6 Å². The van der Waals surface area contributed by atoms with Gasteiger partial charge in [0.1, 0.15) is 5.69 Å². The number of methoxy groups -OCH3 is 1. The quantitative estimate of drug-likeness (QED) is 0.896. The number of benzene rings is 1. The largest absolute Gasteiger partial charge is 0.383 e. The molecule has 0 aliphatic heterocycles. The van der Waals surface area contributed by atoms with E-state index in [1.165, 1.54) is 4.57 Å². The minimum Gasteiger partial charge on any atom is -0.383 e. The van der Waals surface area contributed by atoms with Gasteiger partial charge in [-0.3, -0.25) is 9.59 Å². The van der Waals surface area contributed by atoms with Crippen LogP contribution in [-0.4, -0.2) is 30.7 Å². The van der Waals surface area contributed by atoms with Gasteiger partial charge >= 0.3 is 0 Å². The topological polar surface area (TPSA) is 60.3 Å². The Labute approximate surface area is 117 Å². The van der Waals surface area contributed by atoms with Gasteiger partial charge in [-0.05, 0) is 24.4 Å². The molecule has 2 aromatic rings. The minimum absolute atomic E-state index is 0.165. The molecule has 1 heterocycles. The Balaban J connectivity index is 2.63. The van der Waals surface area contributed by atoms with Gasteiger partial charge in [-0.1, -0.05) is 18.2 Å². The first-order chi connectivity index (χ1) is 9.69. The van der Waals surface area contributed by atoms with Crippen LogP contribution < -0.4 is 10.9 Å². The summed E-state index contributed by atoms with van der Waals surface area (Å²) in [7, 11) is 1.57. The van der Waals surface area contributed by atoms with Crippen LogP contribution in [0.15, 0.2) is 35.1 Å². The van der Waals surface area contributed by atoms with Gasteiger partial charge in [-0.15, -0.1) is 0 Å². The second kappa shape index (κ2) is 6.34. The van der Waals surface area contributed by atoms with Gasteiger partial charge in [0.05, 0.1) is 6.61 Å². The van der Waals surface area contributed by atoms with E-state index in [1.54, 1.807) is 19.2 Å². The minimum atomic E-state index is -0.244. The summed E-state index contributed by atoms with van der Waals surface area (Å²) < 4.78 is 6.49. The maximum absolute atomic E-state index is 12.5. The number of nitrogens with zero attached hydrogens (tertiary/aromatic N) is 1. The van der Waals surface area contributed by atoms with Gasteiger partial charge in [-0.2, -0.15) is 0 Å². The van der Waals surface area contributed by atoms with Crippen molar-refractivity contribution >= 4 is 16.7 Å². The van der Waals surface area contributed by atoms with Crippen LogP contribution in [0.3, 0.4) is 0 Å². The number of fused-ring (bicyclic) bond motifs is 1. The molecule has 0 aliphatic rings. The number of pyridine rings is 1. The van der Waals surface area contributed by atoms with Crippen molar-refractivity contribution in [2.45, 2.75) is 13.5 Å². The Morgan fingerprint density at radius 2 is 2.10 bits per heavy atom. The summed E-state index contributed by atoms with van der Waals surface area (Å²) in [5.41, 5.74) is 0.203. The highest BCUT2D eigenvalue weighted by Crippen LogP contribution is 2.12. The van der Waals surface area contributed by atoms with Crippen LogP contribution >= 0.6 is 0 Å². The van der Waals surface area contributed by atoms with Gasteiger partial charge in [0, 0.05) is 25.6 Å². The van der Waals surface area contributed by atoms with Gasteiger partial charge in [-0.25, -0.2) is 0 Å². The first kappa shape index (κ1) is 14.3. The van der Waals surface area contributed by atoms with Crippen molar-refractivity contribution in [1.29, 1.82) is 0 Å². The van der Waals surface area contributed by atoms with E-state index in [0.717, 1.165) is 5.39 Å². The van der Waals surface area contributed by atoms with Gasteiger partial charge in [0.2, 0.25) is 0 Å². The molecule has 0 unspecified atom stereocenters. The van der Waals surface area contributed by atoms with E-state index in [-0.39, 0.29) is 11.5 Å². The Hall–Kier alpha value is -2.14. The monoisotopic (exact) mass is 274 g/mol. The first-order valence-corrected chi connectivity index (χ1v) is 6.58. The summed E-state index contributed by atoms with van der Waals surface area (Å²) >= 11 is 0. The normalized spacial score (nSPS) is 10.7. The molecule has 1 amide bonds. The Morgan fingerprint density at radius 3 is 2.80 bits per heavy atom. The molecule has 5 heteroatoms.